The van der Waals surface area contributed by atoms with Crippen LogP contribution in [0.3, 0.4) is 0 Å². The molecule has 2 aliphatic carbocycles. The van der Waals surface area contributed by atoms with E-state index in [1.165, 1.54) is 0 Å². The van der Waals surface area contributed by atoms with Crippen molar-refractivity contribution in [3.63, 3.8) is 0 Å². The van der Waals surface area contributed by atoms with Crippen molar-refractivity contribution in [3.8, 4) is 0 Å². The van der Waals surface area contributed by atoms with Gasteiger partial charge in [0.05, 0.1) is 6.10 Å². The van der Waals surface area contributed by atoms with Gasteiger partial charge in [0.15, 0.2) is 5.78 Å². The number of carbonyl (C=O) groups is 1. The van der Waals surface area contributed by atoms with E-state index in [1.807, 2.05) is 6.08 Å². The van der Waals surface area contributed by atoms with Crippen LogP contribution in [-0.4, -0.2) is 31.2 Å². The molecule has 0 radical (unpaired) electrons. The Bertz CT molecular complexity index is 423. The van der Waals surface area contributed by atoms with Gasteiger partial charge in [-0.25, -0.2) is 0 Å². The molecule has 0 aromatic heterocycles. The summed E-state index contributed by atoms with van der Waals surface area (Å²) in [7, 11) is 1.71. The molecular weight excluding hydrogens is 216 g/mol. The van der Waals surface area contributed by atoms with E-state index in [0.29, 0.717) is 0 Å². The number of methoxy groups -OCH3 is 1. The Morgan fingerprint density at radius 2 is 2.29 bits per heavy atom. The molecule has 1 saturated heterocycles. The summed E-state index contributed by atoms with van der Waals surface area (Å²) in [5, 5.41) is 0. The molecule has 2 fully saturated rings. The number of allylic oxidation sites excluding steroid dienone is 2. The van der Waals surface area contributed by atoms with Crippen LogP contribution in [0, 0.1) is 5.41 Å². The van der Waals surface area contributed by atoms with Crippen LogP contribution >= 0.6 is 0 Å². The van der Waals surface area contributed by atoms with Gasteiger partial charge in [-0.2, -0.15) is 0 Å². The highest BCUT2D eigenvalue weighted by atomic mass is 16.5. The van der Waals surface area contributed by atoms with Gasteiger partial charge < -0.3 is 9.47 Å². The minimum Gasteiger partial charge on any atom is -0.377 e. The predicted octanol–water partition coefficient (Wildman–Crippen LogP) is 2.03. The Morgan fingerprint density at radius 3 is 3.06 bits per heavy atom. The van der Waals surface area contributed by atoms with E-state index in [2.05, 4.69) is 6.92 Å². The lowest BCUT2D eigenvalue weighted by atomic mass is 9.59. The third-order valence-electron chi connectivity index (χ3n) is 4.68. The van der Waals surface area contributed by atoms with Crippen molar-refractivity contribution in [1.82, 2.24) is 0 Å². The predicted molar refractivity (Wildman–Crippen MR) is 63.7 cm³/mol. The molecule has 0 bridgehead atoms. The van der Waals surface area contributed by atoms with Crippen LogP contribution in [0.4, 0.5) is 0 Å². The number of carbonyl (C=O) groups excluding carboxylic acids is 1. The third-order valence-corrected chi connectivity index (χ3v) is 4.68. The van der Waals surface area contributed by atoms with Crippen LogP contribution in [0.25, 0.3) is 0 Å². The topological polar surface area (TPSA) is 35.5 Å². The first kappa shape index (κ1) is 11.2. The van der Waals surface area contributed by atoms with Gasteiger partial charge in [-0.3, -0.25) is 4.79 Å². The van der Waals surface area contributed by atoms with Gasteiger partial charge in [-0.1, -0.05) is 6.92 Å². The molecule has 1 spiro atoms. The highest BCUT2D eigenvalue weighted by molar-refractivity contribution is 6.01. The van der Waals surface area contributed by atoms with Crippen LogP contribution in [0.2, 0.25) is 0 Å². The number of ether oxygens (including phenoxy) is 2. The van der Waals surface area contributed by atoms with Crippen LogP contribution in [0.15, 0.2) is 23.8 Å². The maximum absolute atomic E-state index is 11.6. The van der Waals surface area contributed by atoms with Gasteiger partial charge in [-0.05, 0) is 43.1 Å². The zero-order chi connectivity index (χ0) is 12.1. The van der Waals surface area contributed by atoms with E-state index in [4.69, 9.17) is 9.47 Å². The van der Waals surface area contributed by atoms with Gasteiger partial charge >= 0.3 is 0 Å². The fourth-order valence-electron chi connectivity index (χ4n) is 3.58. The molecule has 3 heteroatoms. The zero-order valence-corrected chi connectivity index (χ0v) is 10.4. The second-order valence-corrected chi connectivity index (χ2v) is 5.49. The number of hydrogen-bond acceptors (Lipinski definition) is 3. The van der Waals surface area contributed by atoms with E-state index in [0.717, 1.165) is 31.4 Å². The minimum atomic E-state index is -0.389. The Hall–Kier alpha value is -0.930. The smallest absolute Gasteiger partial charge is 0.178 e. The van der Waals surface area contributed by atoms with Crippen LogP contribution in [0.5, 0.6) is 0 Å². The molecule has 1 heterocycles. The number of hydrogen-bond donors (Lipinski definition) is 0. The summed E-state index contributed by atoms with van der Waals surface area (Å²) in [6.45, 7) is 3.03. The summed E-state index contributed by atoms with van der Waals surface area (Å²) in [6.07, 6.45) is 8.46. The molecule has 0 unspecified atom stereocenters. The van der Waals surface area contributed by atoms with Gasteiger partial charge in [0, 0.05) is 19.1 Å². The van der Waals surface area contributed by atoms with Gasteiger partial charge in [0.25, 0.3) is 0 Å². The van der Waals surface area contributed by atoms with Crippen molar-refractivity contribution in [2.45, 2.75) is 37.9 Å². The second-order valence-electron chi connectivity index (χ2n) is 5.49. The standard InChI is InChI=1S/C14H18O3/c1-13-5-4-12(16-2)11-9-10(15)3-6-14(11,13)17-8-7-13/h3,6,9,12H,4-5,7-8H2,1-2H3/t12-,13-,14-/m1/s1. The maximum Gasteiger partial charge on any atom is 0.178 e. The maximum atomic E-state index is 11.6. The average molecular weight is 234 g/mol. The third kappa shape index (κ3) is 1.33. The fraction of sp³-hybridized carbons (Fsp3) is 0.643. The summed E-state index contributed by atoms with van der Waals surface area (Å²) in [5.74, 6) is 0.0485. The van der Waals surface area contributed by atoms with Crippen molar-refractivity contribution in [2.24, 2.45) is 5.41 Å². The first-order chi connectivity index (χ1) is 8.11. The van der Waals surface area contributed by atoms with Gasteiger partial charge in [-0.15, -0.1) is 0 Å². The summed E-state index contributed by atoms with van der Waals surface area (Å²) in [5.41, 5.74) is 0.754. The van der Waals surface area contributed by atoms with Gasteiger partial charge in [0.2, 0.25) is 0 Å². The van der Waals surface area contributed by atoms with E-state index < -0.39 is 0 Å². The SMILES string of the molecule is CO[C@@H]1CC[C@]2(C)CCO[C@@]23C=CC(=O)C=C13. The Kier molecular flexibility index (Phi) is 2.32. The Morgan fingerprint density at radius 1 is 1.47 bits per heavy atom. The molecule has 0 aromatic rings. The normalized spacial score (nSPS) is 44.2. The average Bonchev–Trinajstić information content (AvgIpc) is 2.65. The largest absolute Gasteiger partial charge is 0.377 e. The lowest BCUT2D eigenvalue weighted by molar-refractivity contribution is -0.111. The molecular formula is C14H18O3. The van der Waals surface area contributed by atoms with Crippen molar-refractivity contribution < 1.29 is 14.3 Å². The Balaban J connectivity index is 2.12. The van der Waals surface area contributed by atoms with Crippen LogP contribution < -0.4 is 0 Å². The quantitative estimate of drug-likeness (QED) is 0.696. The monoisotopic (exact) mass is 234 g/mol. The lowest BCUT2D eigenvalue weighted by Crippen LogP contribution is -2.52. The molecule has 0 amide bonds. The highest BCUT2D eigenvalue weighted by Crippen LogP contribution is 2.57. The van der Waals surface area contributed by atoms with E-state index in [-0.39, 0.29) is 22.9 Å². The van der Waals surface area contributed by atoms with Crippen molar-refractivity contribution in [1.29, 1.82) is 0 Å². The van der Waals surface area contributed by atoms with Gasteiger partial charge in [0.1, 0.15) is 5.60 Å². The van der Waals surface area contributed by atoms with Crippen molar-refractivity contribution in [3.05, 3.63) is 23.8 Å². The zero-order valence-electron chi connectivity index (χ0n) is 10.4. The molecule has 0 N–H and O–H groups in total. The fourth-order valence-corrected chi connectivity index (χ4v) is 3.58. The molecule has 0 aromatic carbocycles. The molecule has 3 atom stereocenters. The molecule has 92 valence electrons. The summed E-state index contributed by atoms with van der Waals surface area (Å²) >= 11 is 0. The molecule has 1 saturated carbocycles. The second kappa shape index (κ2) is 3.53. The molecule has 3 aliphatic rings. The Labute approximate surface area is 101 Å². The van der Waals surface area contributed by atoms with Crippen molar-refractivity contribution in [2.75, 3.05) is 13.7 Å². The van der Waals surface area contributed by atoms with Crippen molar-refractivity contribution >= 4 is 5.78 Å². The first-order valence-corrected chi connectivity index (χ1v) is 6.23. The number of ketones is 1. The first-order valence-electron chi connectivity index (χ1n) is 6.23. The minimum absolute atomic E-state index is 0.0232. The summed E-state index contributed by atoms with van der Waals surface area (Å²) in [6, 6.07) is 0. The van der Waals surface area contributed by atoms with Crippen LogP contribution in [0.1, 0.15) is 26.2 Å². The summed E-state index contributed by atoms with van der Waals surface area (Å²) in [4.78, 5) is 11.6. The molecule has 3 nitrogen and oxygen atoms in total. The molecule has 3 rings (SSSR count). The highest BCUT2D eigenvalue weighted by Gasteiger charge is 2.58. The van der Waals surface area contributed by atoms with Crippen LogP contribution in [-0.2, 0) is 14.3 Å². The van der Waals surface area contributed by atoms with E-state index in [1.54, 1.807) is 19.3 Å². The van der Waals surface area contributed by atoms with E-state index >= 15 is 0 Å². The molecule has 1 aliphatic heterocycles. The number of rotatable bonds is 1. The lowest BCUT2D eigenvalue weighted by Gasteiger charge is -2.49. The summed E-state index contributed by atoms with van der Waals surface area (Å²) < 4.78 is 11.6. The molecule has 17 heavy (non-hydrogen) atoms. The van der Waals surface area contributed by atoms with E-state index in [9.17, 15) is 4.79 Å².